The molecule has 1 aromatic rings. The minimum absolute atomic E-state index is 0.0428. The van der Waals surface area contributed by atoms with Crippen LogP contribution in [-0.2, 0) is 4.79 Å². The quantitative estimate of drug-likeness (QED) is 0.888. The van der Waals surface area contributed by atoms with E-state index in [0.717, 1.165) is 16.8 Å². The highest BCUT2D eigenvalue weighted by Crippen LogP contribution is 2.21. The summed E-state index contributed by atoms with van der Waals surface area (Å²) < 4.78 is 0. The van der Waals surface area contributed by atoms with Crippen LogP contribution in [0.15, 0.2) is 12.1 Å². The molecule has 0 unspecified atom stereocenters. The molecule has 18 heavy (non-hydrogen) atoms. The molecule has 0 atom stereocenters. The van der Waals surface area contributed by atoms with Gasteiger partial charge in [-0.3, -0.25) is 9.69 Å². The number of hydrogen-bond acceptors (Lipinski definition) is 2. The number of carbonyl (C=O) groups excluding carboxylic acids is 1. The Bertz CT molecular complexity index is 415. The summed E-state index contributed by atoms with van der Waals surface area (Å²) in [5.74, 6) is 0.0428. The van der Waals surface area contributed by atoms with Gasteiger partial charge in [0.25, 0.3) is 0 Å². The Hall–Kier alpha value is -1.35. The summed E-state index contributed by atoms with van der Waals surface area (Å²) in [5.41, 5.74) is 4.41. The molecule has 0 aliphatic carbocycles. The second kappa shape index (κ2) is 6.01. The van der Waals surface area contributed by atoms with E-state index in [0.29, 0.717) is 12.6 Å². The number of carbonyl (C=O) groups is 1. The van der Waals surface area contributed by atoms with Crippen molar-refractivity contribution < 1.29 is 4.79 Å². The van der Waals surface area contributed by atoms with Crippen molar-refractivity contribution in [3.8, 4) is 0 Å². The zero-order chi connectivity index (χ0) is 13.9. The number of nitrogens with zero attached hydrogens (tertiary/aromatic N) is 1. The predicted octanol–water partition coefficient (Wildman–Crippen LogP) is 2.89. The van der Waals surface area contributed by atoms with Crippen molar-refractivity contribution in [2.24, 2.45) is 0 Å². The Kier molecular flexibility index (Phi) is 4.91. The molecule has 1 rings (SSSR count). The Balaban J connectivity index is 2.77. The zero-order valence-electron chi connectivity index (χ0n) is 12.3. The van der Waals surface area contributed by atoms with E-state index in [-0.39, 0.29) is 5.91 Å². The number of nitrogens with one attached hydrogen (secondary N) is 1. The fourth-order valence-electron chi connectivity index (χ4n) is 1.97. The van der Waals surface area contributed by atoms with Crippen LogP contribution in [-0.4, -0.2) is 30.4 Å². The number of anilines is 1. The average Bonchev–Trinajstić information content (AvgIpc) is 2.23. The van der Waals surface area contributed by atoms with E-state index >= 15 is 0 Å². The lowest BCUT2D eigenvalue weighted by Gasteiger charge is -2.21. The zero-order valence-corrected chi connectivity index (χ0v) is 12.3. The van der Waals surface area contributed by atoms with Gasteiger partial charge in [-0.1, -0.05) is 17.7 Å². The van der Waals surface area contributed by atoms with E-state index in [1.54, 1.807) is 0 Å². The molecular weight excluding hydrogens is 224 g/mol. The fraction of sp³-hybridized carbons (Fsp3) is 0.533. The first-order chi connectivity index (χ1) is 8.31. The van der Waals surface area contributed by atoms with Gasteiger partial charge in [0.1, 0.15) is 0 Å². The van der Waals surface area contributed by atoms with Crippen LogP contribution in [0.3, 0.4) is 0 Å². The molecule has 0 aromatic heterocycles. The monoisotopic (exact) mass is 248 g/mol. The van der Waals surface area contributed by atoms with E-state index in [1.807, 2.05) is 25.8 Å². The number of amides is 1. The molecule has 1 amide bonds. The molecule has 100 valence electrons. The first kappa shape index (κ1) is 14.7. The highest BCUT2D eigenvalue weighted by atomic mass is 16.2. The topological polar surface area (TPSA) is 32.3 Å². The third-order valence-electron chi connectivity index (χ3n) is 3.22. The maximum atomic E-state index is 12.0. The van der Waals surface area contributed by atoms with Crippen molar-refractivity contribution in [3.63, 3.8) is 0 Å². The van der Waals surface area contributed by atoms with Gasteiger partial charge in [-0.25, -0.2) is 0 Å². The van der Waals surface area contributed by atoms with Crippen LogP contribution in [0, 0.1) is 20.8 Å². The van der Waals surface area contributed by atoms with E-state index in [9.17, 15) is 4.79 Å². The smallest absolute Gasteiger partial charge is 0.238 e. The molecule has 0 spiro atoms. The van der Waals surface area contributed by atoms with Gasteiger partial charge < -0.3 is 5.32 Å². The maximum Gasteiger partial charge on any atom is 0.238 e. The van der Waals surface area contributed by atoms with Gasteiger partial charge in [-0.2, -0.15) is 0 Å². The third kappa shape index (κ3) is 3.84. The molecule has 1 aromatic carbocycles. The lowest BCUT2D eigenvalue weighted by molar-refractivity contribution is -0.117. The largest absolute Gasteiger partial charge is 0.324 e. The summed E-state index contributed by atoms with van der Waals surface area (Å²) in [6.07, 6.45) is 0. The minimum Gasteiger partial charge on any atom is -0.324 e. The van der Waals surface area contributed by atoms with Crippen LogP contribution in [0.1, 0.15) is 30.5 Å². The Labute approximate surface area is 110 Å². The normalized spacial score (nSPS) is 11.1. The van der Waals surface area contributed by atoms with Crippen LogP contribution in [0.2, 0.25) is 0 Å². The van der Waals surface area contributed by atoms with Gasteiger partial charge in [-0.05, 0) is 52.8 Å². The number of hydrogen-bond donors (Lipinski definition) is 1. The first-order valence-electron chi connectivity index (χ1n) is 6.39. The van der Waals surface area contributed by atoms with Gasteiger partial charge in [-0.15, -0.1) is 0 Å². The lowest BCUT2D eigenvalue weighted by Crippen LogP contribution is -2.35. The summed E-state index contributed by atoms with van der Waals surface area (Å²) >= 11 is 0. The summed E-state index contributed by atoms with van der Waals surface area (Å²) in [6.45, 7) is 10.7. The van der Waals surface area contributed by atoms with Crippen LogP contribution >= 0.6 is 0 Å². The van der Waals surface area contributed by atoms with Gasteiger partial charge in [0, 0.05) is 11.7 Å². The molecule has 3 nitrogen and oxygen atoms in total. The van der Waals surface area contributed by atoms with Gasteiger partial charge in [0.05, 0.1) is 6.54 Å². The lowest BCUT2D eigenvalue weighted by atomic mass is 10.1. The second-order valence-corrected chi connectivity index (χ2v) is 5.33. The molecule has 0 aliphatic rings. The summed E-state index contributed by atoms with van der Waals surface area (Å²) in [6, 6.07) is 4.56. The molecule has 0 fully saturated rings. The predicted molar refractivity (Wildman–Crippen MR) is 77.0 cm³/mol. The van der Waals surface area contributed by atoms with Crippen molar-refractivity contribution in [1.29, 1.82) is 0 Å². The van der Waals surface area contributed by atoms with E-state index in [4.69, 9.17) is 0 Å². The first-order valence-corrected chi connectivity index (χ1v) is 6.39. The standard InChI is InChI=1S/C15H24N2O/c1-10(2)17(6)9-14(18)16-15-12(4)7-11(3)8-13(15)5/h7-8,10H,9H2,1-6H3,(H,16,18). The molecule has 0 saturated carbocycles. The highest BCUT2D eigenvalue weighted by molar-refractivity contribution is 5.93. The molecule has 0 bridgehead atoms. The molecule has 0 radical (unpaired) electrons. The molecule has 3 heteroatoms. The average molecular weight is 248 g/mol. The maximum absolute atomic E-state index is 12.0. The van der Waals surface area contributed by atoms with E-state index in [1.165, 1.54) is 5.56 Å². The number of likely N-dealkylation sites (N-methyl/N-ethyl adjacent to an activating group) is 1. The van der Waals surface area contributed by atoms with Crippen molar-refractivity contribution in [2.45, 2.75) is 40.7 Å². The summed E-state index contributed by atoms with van der Waals surface area (Å²) in [5, 5.41) is 3.01. The number of benzene rings is 1. The molecule has 0 heterocycles. The van der Waals surface area contributed by atoms with Crippen LogP contribution in [0.25, 0.3) is 0 Å². The van der Waals surface area contributed by atoms with Crippen LogP contribution in [0.5, 0.6) is 0 Å². The molecule has 0 aliphatic heterocycles. The van der Waals surface area contributed by atoms with Crippen molar-refractivity contribution >= 4 is 11.6 Å². The Morgan fingerprint density at radius 2 is 1.72 bits per heavy atom. The summed E-state index contributed by atoms with van der Waals surface area (Å²) in [4.78, 5) is 14.0. The molecular formula is C15H24N2O. The SMILES string of the molecule is Cc1cc(C)c(NC(=O)CN(C)C(C)C)c(C)c1. The van der Waals surface area contributed by atoms with E-state index < -0.39 is 0 Å². The fourth-order valence-corrected chi connectivity index (χ4v) is 1.97. The minimum atomic E-state index is 0.0428. The summed E-state index contributed by atoms with van der Waals surface area (Å²) in [7, 11) is 1.96. The highest BCUT2D eigenvalue weighted by Gasteiger charge is 2.12. The number of rotatable bonds is 4. The van der Waals surface area contributed by atoms with Crippen LogP contribution < -0.4 is 5.32 Å². The Morgan fingerprint density at radius 1 is 1.22 bits per heavy atom. The Morgan fingerprint density at radius 3 is 2.17 bits per heavy atom. The van der Waals surface area contributed by atoms with Gasteiger partial charge in [0.2, 0.25) is 5.91 Å². The van der Waals surface area contributed by atoms with Crippen molar-refractivity contribution in [1.82, 2.24) is 4.90 Å². The van der Waals surface area contributed by atoms with Gasteiger partial charge >= 0.3 is 0 Å². The second-order valence-electron chi connectivity index (χ2n) is 5.33. The van der Waals surface area contributed by atoms with Crippen molar-refractivity contribution in [2.75, 3.05) is 18.9 Å². The number of aryl methyl sites for hydroxylation is 3. The third-order valence-corrected chi connectivity index (χ3v) is 3.22. The van der Waals surface area contributed by atoms with E-state index in [2.05, 4.69) is 38.2 Å². The molecule has 0 saturated heterocycles. The van der Waals surface area contributed by atoms with Crippen molar-refractivity contribution in [3.05, 3.63) is 28.8 Å². The van der Waals surface area contributed by atoms with Crippen LogP contribution in [0.4, 0.5) is 5.69 Å². The van der Waals surface area contributed by atoms with Gasteiger partial charge in [0.15, 0.2) is 0 Å². The molecule has 1 N–H and O–H groups in total.